The zero-order valence-electron chi connectivity index (χ0n) is 16.8. The van der Waals surface area contributed by atoms with Crippen LogP contribution in [0.5, 0.6) is 5.75 Å². The van der Waals surface area contributed by atoms with Gasteiger partial charge >= 0.3 is 0 Å². The van der Waals surface area contributed by atoms with Crippen molar-refractivity contribution in [1.82, 2.24) is 15.1 Å². The van der Waals surface area contributed by atoms with Crippen LogP contribution >= 0.6 is 0 Å². The molecular formula is C24H21F2N3O2. The van der Waals surface area contributed by atoms with E-state index in [0.29, 0.717) is 5.75 Å². The second-order valence-corrected chi connectivity index (χ2v) is 7.19. The van der Waals surface area contributed by atoms with Crippen molar-refractivity contribution in [2.45, 2.75) is 19.1 Å². The lowest BCUT2D eigenvalue weighted by Crippen LogP contribution is -2.39. The second-order valence-electron chi connectivity index (χ2n) is 7.19. The van der Waals surface area contributed by atoms with Crippen molar-refractivity contribution >= 4 is 16.8 Å². The molecule has 7 heteroatoms. The Hall–Kier alpha value is -3.74. The summed E-state index contributed by atoms with van der Waals surface area (Å²) in [5, 5.41) is 7.87. The summed E-state index contributed by atoms with van der Waals surface area (Å²) in [6, 6.07) is 20.6. The van der Waals surface area contributed by atoms with Crippen LogP contribution in [-0.2, 0) is 4.79 Å². The van der Waals surface area contributed by atoms with Crippen molar-refractivity contribution in [2.75, 3.05) is 6.67 Å². The molecule has 0 radical (unpaired) electrons. The minimum atomic E-state index is -1.08. The fraction of sp³-hybridized carbons (Fsp3) is 0.167. The number of ether oxygens (including phenoxy) is 1. The molecule has 5 nitrogen and oxygen atoms in total. The van der Waals surface area contributed by atoms with Gasteiger partial charge in [0.05, 0.1) is 23.4 Å². The van der Waals surface area contributed by atoms with E-state index in [4.69, 9.17) is 4.74 Å². The standard InChI is InChI=1S/C24H21F2N3O2/c1-16(28-23(30)14-25)24(17-5-3-2-4-6-17)31-21-11-12-22-18(13-21)15-27-29(22)20-9-7-19(26)8-10-20/h2-13,15-16,24H,14H2,1H3,(H,28,30)/t16-,24-/m0/s1. The number of benzene rings is 3. The summed E-state index contributed by atoms with van der Waals surface area (Å²) < 4.78 is 33.9. The van der Waals surface area contributed by atoms with E-state index in [1.807, 2.05) is 48.5 Å². The fourth-order valence-corrected chi connectivity index (χ4v) is 3.49. The summed E-state index contributed by atoms with van der Waals surface area (Å²) in [6.45, 7) is 0.691. The first-order chi connectivity index (χ1) is 15.0. The molecule has 1 aromatic heterocycles. The number of carbonyl (C=O) groups is 1. The molecule has 0 aliphatic heterocycles. The van der Waals surface area contributed by atoms with Gasteiger partial charge in [0.1, 0.15) is 17.7 Å². The number of carbonyl (C=O) groups excluding carboxylic acids is 1. The van der Waals surface area contributed by atoms with Gasteiger partial charge in [0, 0.05) is 5.39 Å². The molecule has 0 saturated heterocycles. The Balaban J connectivity index is 1.63. The van der Waals surface area contributed by atoms with Crippen molar-refractivity contribution in [3.8, 4) is 11.4 Å². The summed E-state index contributed by atoms with van der Waals surface area (Å²) >= 11 is 0. The maximum Gasteiger partial charge on any atom is 0.251 e. The van der Waals surface area contributed by atoms with Crippen LogP contribution in [0.2, 0.25) is 0 Å². The average molecular weight is 421 g/mol. The van der Waals surface area contributed by atoms with Crippen LogP contribution in [0.4, 0.5) is 8.78 Å². The molecular weight excluding hydrogens is 400 g/mol. The molecule has 1 N–H and O–H groups in total. The molecule has 31 heavy (non-hydrogen) atoms. The fourth-order valence-electron chi connectivity index (χ4n) is 3.49. The highest BCUT2D eigenvalue weighted by molar-refractivity contribution is 5.81. The van der Waals surface area contributed by atoms with Gasteiger partial charge in [-0.05, 0) is 55.0 Å². The lowest BCUT2D eigenvalue weighted by molar-refractivity contribution is -0.123. The molecule has 2 atom stereocenters. The zero-order valence-corrected chi connectivity index (χ0v) is 16.8. The molecule has 0 saturated carbocycles. The van der Waals surface area contributed by atoms with E-state index in [9.17, 15) is 13.6 Å². The topological polar surface area (TPSA) is 56.1 Å². The quantitative estimate of drug-likeness (QED) is 0.468. The Kier molecular flexibility index (Phi) is 5.93. The highest BCUT2D eigenvalue weighted by Gasteiger charge is 2.23. The molecule has 0 aliphatic carbocycles. The summed E-state index contributed by atoms with van der Waals surface area (Å²) in [4.78, 5) is 11.6. The Morgan fingerprint density at radius 3 is 2.55 bits per heavy atom. The van der Waals surface area contributed by atoms with Crippen LogP contribution in [-0.4, -0.2) is 28.4 Å². The number of nitrogens with zero attached hydrogens (tertiary/aromatic N) is 2. The highest BCUT2D eigenvalue weighted by Crippen LogP contribution is 2.29. The number of fused-ring (bicyclic) bond motifs is 1. The summed E-state index contributed by atoms with van der Waals surface area (Å²) in [6.07, 6.45) is 1.19. The van der Waals surface area contributed by atoms with Crippen LogP contribution in [0.15, 0.2) is 79.0 Å². The third-order valence-electron chi connectivity index (χ3n) is 4.97. The van der Waals surface area contributed by atoms with E-state index in [-0.39, 0.29) is 5.82 Å². The van der Waals surface area contributed by atoms with Crippen molar-refractivity contribution in [3.05, 3.63) is 90.4 Å². The number of nitrogens with one attached hydrogen (secondary N) is 1. The molecule has 0 spiro atoms. The van der Waals surface area contributed by atoms with Gasteiger partial charge in [0.15, 0.2) is 6.67 Å². The number of amides is 1. The molecule has 158 valence electrons. The number of rotatable bonds is 7. The van der Waals surface area contributed by atoms with Gasteiger partial charge in [-0.2, -0.15) is 5.10 Å². The van der Waals surface area contributed by atoms with Gasteiger partial charge < -0.3 is 10.1 Å². The van der Waals surface area contributed by atoms with Gasteiger partial charge in [-0.3, -0.25) is 4.79 Å². The summed E-state index contributed by atoms with van der Waals surface area (Å²) in [5.74, 6) is -0.411. The van der Waals surface area contributed by atoms with Gasteiger partial charge in [-0.1, -0.05) is 30.3 Å². The average Bonchev–Trinajstić information content (AvgIpc) is 3.21. The number of halogens is 2. The van der Waals surface area contributed by atoms with Crippen molar-refractivity contribution in [1.29, 1.82) is 0 Å². The number of alkyl halides is 1. The first-order valence-electron chi connectivity index (χ1n) is 9.86. The molecule has 0 unspecified atom stereocenters. The first kappa shape index (κ1) is 20.5. The van der Waals surface area contributed by atoms with Gasteiger partial charge in [0.2, 0.25) is 0 Å². The predicted molar refractivity (Wildman–Crippen MR) is 114 cm³/mol. The molecule has 4 aromatic rings. The predicted octanol–water partition coefficient (Wildman–Crippen LogP) is 4.76. The van der Waals surface area contributed by atoms with E-state index in [0.717, 1.165) is 22.2 Å². The van der Waals surface area contributed by atoms with Crippen LogP contribution in [0.1, 0.15) is 18.6 Å². The van der Waals surface area contributed by atoms with E-state index in [1.165, 1.54) is 12.1 Å². The molecule has 0 aliphatic rings. The lowest BCUT2D eigenvalue weighted by Gasteiger charge is -2.26. The van der Waals surface area contributed by atoms with Gasteiger partial charge in [0.25, 0.3) is 5.91 Å². The van der Waals surface area contributed by atoms with E-state index < -0.39 is 24.7 Å². The third-order valence-corrected chi connectivity index (χ3v) is 4.97. The van der Waals surface area contributed by atoms with Crippen LogP contribution in [0.3, 0.4) is 0 Å². The van der Waals surface area contributed by atoms with Gasteiger partial charge in [-0.25, -0.2) is 13.5 Å². The number of aromatic nitrogens is 2. The van der Waals surface area contributed by atoms with Crippen molar-refractivity contribution < 1.29 is 18.3 Å². The Labute approximate surface area is 178 Å². The first-order valence-corrected chi connectivity index (χ1v) is 9.86. The normalized spacial score (nSPS) is 13.0. The third kappa shape index (κ3) is 4.55. The van der Waals surface area contributed by atoms with Crippen LogP contribution in [0.25, 0.3) is 16.6 Å². The zero-order chi connectivity index (χ0) is 21.8. The molecule has 4 rings (SSSR count). The number of hydrogen-bond donors (Lipinski definition) is 1. The van der Waals surface area contributed by atoms with Crippen molar-refractivity contribution in [3.63, 3.8) is 0 Å². The largest absolute Gasteiger partial charge is 0.484 e. The van der Waals surface area contributed by atoms with E-state index in [1.54, 1.807) is 29.9 Å². The Bertz CT molecular complexity index is 1180. The Morgan fingerprint density at radius 2 is 1.84 bits per heavy atom. The molecule has 1 amide bonds. The lowest BCUT2D eigenvalue weighted by atomic mass is 10.0. The summed E-state index contributed by atoms with van der Waals surface area (Å²) in [5.41, 5.74) is 2.44. The summed E-state index contributed by atoms with van der Waals surface area (Å²) in [7, 11) is 0. The highest BCUT2D eigenvalue weighted by atomic mass is 19.1. The van der Waals surface area contributed by atoms with E-state index in [2.05, 4.69) is 10.4 Å². The second kappa shape index (κ2) is 8.95. The molecule has 0 fully saturated rings. The maximum absolute atomic E-state index is 13.2. The van der Waals surface area contributed by atoms with Crippen LogP contribution in [0, 0.1) is 5.82 Å². The van der Waals surface area contributed by atoms with Crippen molar-refractivity contribution in [2.24, 2.45) is 0 Å². The van der Waals surface area contributed by atoms with Crippen LogP contribution < -0.4 is 10.1 Å². The van der Waals surface area contributed by atoms with Gasteiger partial charge in [-0.15, -0.1) is 0 Å². The molecule has 0 bridgehead atoms. The minimum absolute atomic E-state index is 0.308. The monoisotopic (exact) mass is 421 g/mol. The number of hydrogen-bond acceptors (Lipinski definition) is 3. The smallest absolute Gasteiger partial charge is 0.251 e. The Morgan fingerprint density at radius 1 is 1.10 bits per heavy atom. The minimum Gasteiger partial charge on any atom is -0.484 e. The SMILES string of the molecule is C[C@H](NC(=O)CF)[C@H](Oc1ccc2c(cnn2-c2ccc(F)cc2)c1)c1ccccc1. The van der Waals surface area contributed by atoms with E-state index >= 15 is 0 Å². The molecule has 3 aromatic carbocycles. The maximum atomic E-state index is 13.2. The molecule has 1 heterocycles.